The molecule has 0 unspecified atom stereocenters. The molecular formula is C15H21ClN2O2. The van der Waals surface area contributed by atoms with E-state index < -0.39 is 0 Å². The summed E-state index contributed by atoms with van der Waals surface area (Å²) in [6.45, 7) is 4.98. The molecule has 1 aromatic carbocycles. The fourth-order valence-corrected chi connectivity index (χ4v) is 2.33. The molecule has 0 aliphatic carbocycles. The molecule has 20 heavy (non-hydrogen) atoms. The topological polar surface area (TPSA) is 50.4 Å². The second-order valence-electron chi connectivity index (χ2n) is 5.42. The Labute approximate surface area is 124 Å². The van der Waals surface area contributed by atoms with Crippen molar-refractivity contribution in [2.24, 2.45) is 0 Å². The van der Waals surface area contributed by atoms with Crippen molar-refractivity contribution < 1.29 is 9.53 Å². The smallest absolute Gasteiger partial charge is 0.250 e. The van der Waals surface area contributed by atoms with Crippen LogP contribution in [0.15, 0.2) is 24.3 Å². The predicted octanol–water partition coefficient (Wildman–Crippen LogP) is 1.76. The molecule has 1 aliphatic heterocycles. The first-order valence-corrected chi connectivity index (χ1v) is 7.32. The van der Waals surface area contributed by atoms with Crippen molar-refractivity contribution in [3.63, 3.8) is 0 Å². The summed E-state index contributed by atoms with van der Waals surface area (Å²) in [5.74, 6) is -0.0440. The Morgan fingerprint density at radius 1 is 1.45 bits per heavy atom. The summed E-state index contributed by atoms with van der Waals surface area (Å²) in [6.07, 6.45) is 0.481. The molecule has 2 rings (SSSR count). The molecule has 4 nitrogen and oxygen atoms in total. The van der Waals surface area contributed by atoms with Crippen LogP contribution in [0.3, 0.4) is 0 Å². The lowest BCUT2D eigenvalue weighted by Gasteiger charge is -2.30. The van der Waals surface area contributed by atoms with Gasteiger partial charge in [0.2, 0.25) is 0 Å². The van der Waals surface area contributed by atoms with Gasteiger partial charge in [0.25, 0.3) is 5.91 Å². The maximum atomic E-state index is 11.8. The molecule has 1 amide bonds. The number of hydrogen-bond acceptors (Lipinski definition) is 3. The zero-order valence-corrected chi connectivity index (χ0v) is 12.6. The van der Waals surface area contributed by atoms with Gasteiger partial charge in [-0.1, -0.05) is 23.7 Å². The zero-order valence-electron chi connectivity index (χ0n) is 11.9. The van der Waals surface area contributed by atoms with Gasteiger partial charge in [0.15, 0.2) is 0 Å². The van der Waals surface area contributed by atoms with E-state index in [1.807, 2.05) is 38.1 Å². The van der Waals surface area contributed by atoms with Gasteiger partial charge in [-0.25, -0.2) is 0 Å². The maximum Gasteiger partial charge on any atom is 0.250 e. The summed E-state index contributed by atoms with van der Waals surface area (Å²) in [5.41, 5.74) is 1.21. The summed E-state index contributed by atoms with van der Waals surface area (Å²) in [5, 5.41) is 6.97. The number of hydrogen-bond donors (Lipinski definition) is 2. The van der Waals surface area contributed by atoms with Crippen molar-refractivity contribution in [3.8, 4) is 0 Å². The summed E-state index contributed by atoms with van der Waals surface area (Å²) in [7, 11) is 0. The van der Waals surface area contributed by atoms with E-state index in [1.165, 1.54) is 5.56 Å². The SMILES string of the molecule is CC(C)NC(=O)[C@H]1CN[C@@H](Cc2ccc(Cl)cc2)CO1. The van der Waals surface area contributed by atoms with Crippen LogP contribution in [0.2, 0.25) is 5.02 Å². The number of benzene rings is 1. The lowest BCUT2D eigenvalue weighted by atomic mass is 10.1. The summed E-state index contributed by atoms with van der Waals surface area (Å²) >= 11 is 5.87. The van der Waals surface area contributed by atoms with Gasteiger partial charge in [0.05, 0.1) is 6.61 Å². The molecule has 0 radical (unpaired) electrons. The standard InChI is InChI=1S/C15H21ClN2O2/c1-10(2)18-15(19)14-8-17-13(9-20-14)7-11-3-5-12(16)6-4-11/h3-6,10,13-14,17H,7-9H2,1-2H3,(H,18,19)/t13-,14+/m0/s1. The molecule has 1 fully saturated rings. The van der Waals surface area contributed by atoms with Crippen molar-refractivity contribution in [2.45, 2.75) is 38.5 Å². The van der Waals surface area contributed by atoms with E-state index in [1.54, 1.807) is 0 Å². The Kier molecular flexibility index (Phi) is 5.40. The van der Waals surface area contributed by atoms with E-state index in [0.717, 1.165) is 11.4 Å². The first kappa shape index (κ1) is 15.3. The van der Waals surface area contributed by atoms with E-state index >= 15 is 0 Å². The summed E-state index contributed by atoms with van der Waals surface area (Å²) in [6, 6.07) is 8.18. The van der Waals surface area contributed by atoms with Crippen LogP contribution >= 0.6 is 11.6 Å². The van der Waals surface area contributed by atoms with Gasteiger partial charge < -0.3 is 15.4 Å². The van der Waals surface area contributed by atoms with E-state index in [-0.39, 0.29) is 24.1 Å². The quantitative estimate of drug-likeness (QED) is 0.890. The monoisotopic (exact) mass is 296 g/mol. The minimum absolute atomic E-state index is 0.0440. The molecule has 2 N–H and O–H groups in total. The highest BCUT2D eigenvalue weighted by atomic mass is 35.5. The predicted molar refractivity (Wildman–Crippen MR) is 80.0 cm³/mol. The highest BCUT2D eigenvalue weighted by Gasteiger charge is 2.26. The number of carbonyl (C=O) groups is 1. The lowest BCUT2D eigenvalue weighted by molar-refractivity contribution is -0.136. The number of ether oxygens (including phenoxy) is 1. The van der Waals surface area contributed by atoms with Crippen molar-refractivity contribution in [1.29, 1.82) is 0 Å². The third kappa shape index (κ3) is 4.47. The number of morpholine rings is 1. The van der Waals surface area contributed by atoms with Crippen LogP contribution in [0.25, 0.3) is 0 Å². The minimum Gasteiger partial charge on any atom is -0.365 e. The number of carbonyl (C=O) groups excluding carboxylic acids is 1. The number of amides is 1. The average molecular weight is 297 g/mol. The molecule has 5 heteroatoms. The van der Waals surface area contributed by atoms with Crippen LogP contribution in [0.5, 0.6) is 0 Å². The van der Waals surface area contributed by atoms with Crippen LogP contribution in [0.1, 0.15) is 19.4 Å². The molecule has 0 saturated carbocycles. The first-order valence-electron chi connectivity index (χ1n) is 6.94. The van der Waals surface area contributed by atoms with Crippen LogP contribution < -0.4 is 10.6 Å². The van der Waals surface area contributed by atoms with Crippen LogP contribution in [-0.2, 0) is 16.0 Å². The Bertz CT molecular complexity index is 440. The Hall–Kier alpha value is -1.10. The zero-order chi connectivity index (χ0) is 14.5. The second-order valence-corrected chi connectivity index (χ2v) is 5.86. The van der Waals surface area contributed by atoms with Crippen LogP contribution in [0.4, 0.5) is 0 Å². The normalized spacial score (nSPS) is 22.8. The number of halogens is 1. The van der Waals surface area contributed by atoms with E-state index in [2.05, 4.69) is 10.6 Å². The van der Waals surface area contributed by atoms with Gasteiger partial charge in [0, 0.05) is 23.7 Å². The Balaban J connectivity index is 1.79. The van der Waals surface area contributed by atoms with Crippen LogP contribution in [0, 0.1) is 0 Å². The average Bonchev–Trinajstić information content (AvgIpc) is 2.41. The third-order valence-corrected chi connectivity index (χ3v) is 3.46. The number of nitrogens with one attached hydrogen (secondary N) is 2. The van der Waals surface area contributed by atoms with Crippen molar-refractivity contribution in [1.82, 2.24) is 10.6 Å². The van der Waals surface area contributed by atoms with E-state index in [4.69, 9.17) is 16.3 Å². The van der Waals surface area contributed by atoms with E-state index in [0.29, 0.717) is 13.2 Å². The van der Waals surface area contributed by atoms with Gasteiger partial charge in [-0.15, -0.1) is 0 Å². The van der Waals surface area contributed by atoms with Crippen molar-refractivity contribution >= 4 is 17.5 Å². The third-order valence-electron chi connectivity index (χ3n) is 3.21. The van der Waals surface area contributed by atoms with Gasteiger partial charge >= 0.3 is 0 Å². The molecule has 0 spiro atoms. The Morgan fingerprint density at radius 3 is 2.70 bits per heavy atom. The lowest BCUT2D eigenvalue weighted by Crippen LogP contribution is -2.53. The largest absolute Gasteiger partial charge is 0.365 e. The fraction of sp³-hybridized carbons (Fsp3) is 0.533. The summed E-state index contributed by atoms with van der Waals surface area (Å²) < 4.78 is 5.65. The first-order chi connectivity index (χ1) is 9.54. The van der Waals surface area contributed by atoms with E-state index in [9.17, 15) is 4.79 Å². The molecule has 110 valence electrons. The molecule has 1 saturated heterocycles. The molecule has 2 atom stereocenters. The maximum absolute atomic E-state index is 11.8. The molecular weight excluding hydrogens is 276 g/mol. The molecule has 0 bridgehead atoms. The summed E-state index contributed by atoms with van der Waals surface area (Å²) in [4.78, 5) is 11.8. The molecule has 1 heterocycles. The molecule has 1 aromatic rings. The Morgan fingerprint density at radius 2 is 2.15 bits per heavy atom. The second kappa shape index (κ2) is 7.07. The van der Waals surface area contributed by atoms with Gasteiger partial charge in [-0.2, -0.15) is 0 Å². The molecule has 1 aliphatic rings. The highest BCUT2D eigenvalue weighted by molar-refractivity contribution is 6.30. The number of rotatable bonds is 4. The van der Waals surface area contributed by atoms with Gasteiger partial charge in [-0.05, 0) is 38.0 Å². The highest BCUT2D eigenvalue weighted by Crippen LogP contribution is 2.13. The van der Waals surface area contributed by atoms with Crippen molar-refractivity contribution in [2.75, 3.05) is 13.2 Å². The van der Waals surface area contributed by atoms with Gasteiger partial charge in [0.1, 0.15) is 6.10 Å². The minimum atomic E-state index is -0.390. The van der Waals surface area contributed by atoms with Gasteiger partial charge in [-0.3, -0.25) is 4.79 Å². The van der Waals surface area contributed by atoms with Crippen molar-refractivity contribution in [3.05, 3.63) is 34.9 Å². The van der Waals surface area contributed by atoms with Crippen LogP contribution in [-0.4, -0.2) is 37.2 Å². The molecule has 0 aromatic heterocycles. The fourth-order valence-electron chi connectivity index (χ4n) is 2.21.